The Morgan fingerprint density at radius 1 is 1.18 bits per heavy atom. The Balaban J connectivity index is 2.51. The zero-order valence-electron chi connectivity index (χ0n) is 23.0. The molecule has 9 heteroatoms. The van der Waals surface area contributed by atoms with Crippen LogP contribution in [0.3, 0.4) is 0 Å². The molecule has 0 spiro atoms. The van der Waals surface area contributed by atoms with Crippen LogP contribution in [-0.2, 0) is 14.3 Å². The van der Waals surface area contributed by atoms with Gasteiger partial charge in [-0.05, 0) is 81.9 Å². The summed E-state index contributed by atoms with van der Waals surface area (Å²) in [6, 6.07) is 10.8. The summed E-state index contributed by atoms with van der Waals surface area (Å²) >= 11 is 7.95. The number of ether oxygens (including phenoxy) is 1. The second kappa shape index (κ2) is 14.3. The van der Waals surface area contributed by atoms with Crippen LogP contribution in [0.15, 0.2) is 49.0 Å². The lowest BCUT2D eigenvalue weighted by molar-refractivity contribution is -0.140. The van der Waals surface area contributed by atoms with Gasteiger partial charge in [-0.25, -0.2) is 4.79 Å². The van der Waals surface area contributed by atoms with Crippen LogP contribution in [0.25, 0.3) is 6.08 Å². The molecule has 0 heterocycles. The van der Waals surface area contributed by atoms with Crippen LogP contribution >= 0.6 is 23.4 Å². The molecule has 0 saturated heterocycles. The van der Waals surface area contributed by atoms with Crippen molar-refractivity contribution in [2.24, 2.45) is 0 Å². The average molecular weight is 560 g/mol. The first-order chi connectivity index (χ1) is 17.9. The molecular formula is C29H38ClN3O4S. The molecule has 0 aromatic heterocycles. The van der Waals surface area contributed by atoms with Crippen molar-refractivity contribution in [1.82, 2.24) is 10.2 Å². The summed E-state index contributed by atoms with van der Waals surface area (Å²) in [7, 11) is 0. The van der Waals surface area contributed by atoms with Gasteiger partial charge in [0, 0.05) is 6.54 Å². The third-order valence-corrected chi connectivity index (χ3v) is 6.67. The maximum absolute atomic E-state index is 14.0. The SMILES string of the molecule is C=Cc1cccc(C(C(=O)Nc2c(C)cccc2Cl)N(CC)C(=O)C(CCSC)NC(=O)OC(C)(C)C)c1. The van der Waals surface area contributed by atoms with Gasteiger partial charge in [-0.2, -0.15) is 11.8 Å². The van der Waals surface area contributed by atoms with Crippen LogP contribution in [0.5, 0.6) is 0 Å². The quantitative estimate of drug-likeness (QED) is 0.329. The van der Waals surface area contributed by atoms with Crippen LogP contribution < -0.4 is 10.6 Å². The van der Waals surface area contributed by atoms with Gasteiger partial charge in [0.05, 0.1) is 10.7 Å². The molecule has 2 rings (SSSR count). The summed E-state index contributed by atoms with van der Waals surface area (Å²) in [5.41, 5.74) is 1.98. The number of nitrogens with zero attached hydrogens (tertiary/aromatic N) is 1. The number of likely N-dealkylation sites (N-methyl/N-ethyl adjacent to an activating group) is 1. The number of amides is 3. The lowest BCUT2D eigenvalue weighted by Crippen LogP contribution is -2.52. The van der Waals surface area contributed by atoms with Crippen LogP contribution in [-0.4, -0.2) is 53.0 Å². The Morgan fingerprint density at radius 3 is 2.45 bits per heavy atom. The van der Waals surface area contributed by atoms with Gasteiger partial charge in [-0.1, -0.05) is 54.6 Å². The van der Waals surface area contributed by atoms with E-state index in [1.165, 1.54) is 4.90 Å². The number of hydrogen-bond acceptors (Lipinski definition) is 5. The van der Waals surface area contributed by atoms with Gasteiger partial charge in [0.25, 0.3) is 5.91 Å². The fraction of sp³-hybridized carbons (Fsp3) is 0.414. The highest BCUT2D eigenvalue weighted by Crippen LogP contribution is 2.30. The molecule has 0 aliphatic carbocycles. The first-order valence-corrected chi connectivity index (χ1v) is 14.3. The Hall–Kier alpha value is -2.97. The van der Waals surface area contributed by atoms with Gasteiger partial charge in [0.15, 0.2) is 0 Å². The number of carbonyl (C=O) groups excluding carboxylic acids is 3. The highest BCUT2D eigenvalue weighted by molar-refractivity contribution is 7.98. The van der Waals surface area contributed by atoms with Crippen LogP contribution in [0.4, 0.5) is 10.5 Å². The Morgan fingerprint density at radius 2 is 1.87 bits per heavy atom. The minimum absolute atomic E-state index is 0.225. The molecule has 0 fully saturated rings. The molecule has 2 N–H and O–H groups in total. The molecule has 3 amide bonds. The number of alkyl carbamates (subject to hydrolysis) is 1. The van der Waals surface area contributed by atoms with Crippen LogP contribution in [0, 0.1) is 6.92 Å². The summed E-state index contributed by atoms with van der Waals surface area (Å²) < 4.78 is 5.41. The van der Waals surface area contributed by atoms with E-state index >= 15 is 0 Å². The molecule has 38 heavy (non-hydrogen) atoms. The van der Waals surface area contributed by atoms with E-state index in [0.717, 1.165) is 11.1 Å². The Labute approximate surface area is 235 Å². The van der Waals surface area contributed by atoms with Crippen molar-refractivity contribution >= 4 is 53.0 Å². The van der Waals surface area contributed by atoms with Gasteiger partial charge >= 0.3 is 6.09 Å². The summed E-state index contributed by atoms with van der Waals surface area (Å²) in [5, 5.41) is 6.05. The van der Waals surface area contributed by atoms with Crippen LogP contribution in [0.1, 0.15) is 56.8 Å². The van der Waals surface area contributed by atoms with E-state index in [2.05, 4.69) is 17.2 Å². The van der Waals surface area contributed by atoms with Gasteiger partial charge in [-0.3, -0.25) is 9.59 Å². The summed E-state index contributed by atoms with van der Waals surface area (Å²) in [6.07, 6.45) is 3.30. The minimum atomic E-state index is -0.986. The molecule has 0 bridgehead atoms. The Kier molecular flexibility index (Phi) is 11.7. The third kappa shape index (κ3) is 8.81. The summed E-state index contributed by atoms with van der Waals surface area (Å²) in [4.78, 5) is 41.9. The first-order valence-electron chi connectivity index (χ1n) is 12.5. The Bertz CT molecular complexity index is 1130. The smallest absolute Gasteiger partial charge is 0.408 e. The van der Waals surface area contributed by atoms with Crippen LogP contribution in [0.2, 0.25) is 5.02 Å². The first kappa shape index (κ1) is 31.2. The monoisotopic (exact) mass is 559 g/mol. The molecule has 2 unspecified atom stereocenters. The lowest BCUT2D eigenvalue weighted by atomic mass is 10.00. The molecule has 2 atom stereocenters. The highest BCUT2D eigenvalue weighted by Gasteiger charge is 2.35. The predicted molar refractivity (Wildman–Crippen MR) is 158 cm³/mol. The average Bonchev–Trinajstić information content (AvgIpc) is 2.85. The number of thioether (sulfide) groups is 1. The minimum Gasteiger partial charge on any atom is -0.444 e. The van der Waals surface area contributed by atoms with Crippen molar-refractivity contribution < 1.29 is 19.1 Å². The number of carbonyl (C=O) groups is 3. The molecule has 0 aliphatic heterocycles. The highest BCUT2D eigenvalue weighted by atomic mass is 35.5. The van der Waals surface area contributed by atoms with E-state index < -0.39 is 29.7 Å². The maximum atomic E-state index is 14.0. The van der Waals surface area contributed by atoms with E-state index in [1.807, 2.05) is 37.4 Å². The standard InChI is InChI=1S/C29H38ClN3O4S/c1-8-20-13-11-14-21(18-20)25(26(34)32-24-19(3)12-10-15-22(24)30)33(9-2)27(35)23(16-17-38-7)31-28(36)37-29(4,5)6/h8,10-15,18,23,25H,1,9,16-17H2,2-7H3,(H,31,36)(H,32,34). The van der Waals surface area contributed by atoms with Crippen molar-refractivity contribution in [1.29, 1.82) is 0 Å². The zero-order chi connectivity index (χ0) is 28.5. The van der Waals surface area contributed by atoms with Crippen molar-refractivity contribution in [3.63, 3.8) is 0 Å². The number of halogens is 1. The lowest BCUT2D eigenvalue weighted by Gasteiger charge is -2.34. The number of rotatable bonds is 11. The number of aryl methyl sites for hydroxylation is 1. The topological polar surface area (TPSA) is 87.7 Å². The fourth-order valence-corrected chi connectivity index (χ4v) is 4.66. The normalized spacial score (nSPS) is 12.7. The fourth-order valence-electron chi connectivity index (χ4n) is 3.92. The van der Waals surface area contributed by atoms with Gasteiger partial charge < -0.3 is 20.3 Å². The number of anilines is 1. The largest absolute Gasteiger partial charge is 0.444 e. The molecule has 0 saturated carbocycles. The van der Waals surface area contributed by atoms with E-state index in [1.54, 1.807) is 63.7 Å². The van der Waals surface area contributed by atoms with Crippen molar-refractivity contribution in [3.05, 3.63) is 70.8 Å². The van der Waals surface area contributed by atoms with Gasteiger partial charge in [0.1, 0.15) is 17.7 Å². The molecular weight excluding hydrogens is 522 g/mol. The second-order valence-corrected chi connectivity index (χ2v) is 11.2. The van der Waals surface area contributed by atoms with E-state index in [9.17, 15) is 14.4 Å². The number of nitrogens with one attached hydrogen (secondary N) is 2. The number of benzene rings is 2. The summed E-state index contributed by atoms with van der Waals surface area (Å²) in [6.45, 7) is 13.0. The molecule has 7 nitrogen and oxygen atoms in total. The van der Waals surface area contributed by atoms with Gasteiger partial charge in [-0.15, -0.1) is 0 Å². The number of hydrogen-bond donors (Lipinski definition) is 2. The second-order valence-electron chi connectivity index (χ2n) is 9.80. The zero-order valence-corrected chi connectivity index (χ0v) is 24.5. The maximum Gasteiger partial charge on any atom is 0.408 e. The molecule has 0 radical (unpaired) electrons. The molecule has 0 aliphatic rings. The third-order valence-electron chi connectivity index (χ3n) is 5.72. The van der Waals surface area contributed by atoms with Crippen molar-refractivity contribution in [2.75, 3.05) is 23.9 Å². The predicted octanol–water partition coefficient (Wildman–Crippen LogP) is 6.47. The molecule has 2 aromatic rings. The van der Waals surface area contributed by atoms with E-state index in [4.69, 9.17) is 16.3 Å². The molecule has 2 aromatic carbocycles. The van der Waals surface area contributed by atoms with Crippen molar-refractivity contribution in [2.45, 2.75) is 58.7 Å². The van der Waals surface area contributed by atoms with E-state index in [-0.39, 0.29) is 12.5 Å². The van der Waals surface area contributed by atoms with Crippen molar-refractivity contribution in [3.8, 4) is 0 Å². The summed E-state index contributed by atoms with van der Waals surface area (Å²) in [5.74, 6) is -0.170. The van der Waals surface area contributed by atoms with E-state index in [0.29, 0.717) is 28.4 Å². The molecule has 206 valence electrons. The van der Waals surface area contributed by atoms with Gasteiger partial charge in [0.2, 0.25) is 5.91 Å². The number of para-hydroxylation sites is 1.